The van der Waals surface area contributed by atoms with Crippen molar-refractivity contribution < 1.29 is 18.7 Å². The van der Waals surface area contributed by atoms with Gasteiger partial charge >= 0.3 is 5.97 Å². The lowest BCUT2D eigenvalue weighted by Gasteiger charge is -2.21. The van der Waals surface area contributed by atoms with Gasteiger partial charge in [0, 0.05) is 17.7 Å². The van der Waals surface area contributed by atoms with Crippen LogP contribution < -0.4 is 10.5 Å². The summed E-state index contributed by atoms with van der Waals surface area (Å²) < 4.78 is 23.8. The van der Waals surface area contributed by atoms with Crippen molar-refractivity contribution >= 4 is 5.97 Å². The lowest BCUT2D eigenvalue weighted by molar-refractivity contribution is -0.152. The Balaban J connectivity index is 2.74. The van der Waals surface area contributed by atoms with Gasteiger partial charge in [-0.15, -0.1) is 0 Å². The predicted molar refractivity (Wildman–Crippen MR) is 70.3 cm³/mol. The Morgan fingerprint density at radius 2 is 2.11 bits per heavy atom. The number of halogens is 1. The third-order valence-electron chi connectivity index (χ3n) is 2.80. The molecule has 19 heavy (non-hydrogen) atoms. The number of benzene rings is 1. The van der Waals surface area contributed by atoms with Crippen molar-refractivity contribution in [1.82, 2.24) is 0 Å². The SMILES string of the molecule is COC(=O)C(C)(C)COc1ccc(C(C)N)c(F)c1. The highest BCUT2D eigenvalue weighted by Crippen LogP contribution is 2.23. The Labute approximate surface area is 112 Å². The molecule has 106 valence electrons. The summed E-state index contributed by atoms with van der Waals surface area (Å²) in [5.41, 5.74) is 5.27. The largest absolute Gasteiger partial charge is 0.492 e. The third kappa shape index (κ3) is 3.92. The quantitative estimate of drug-likeness (QED) is 0.834. The van der Waals surface area contributed by atoms with E-state index < -0.39 is 11.2 Å². The van der Waals surface area contributed by atoms with Crippen molar-refractivity contribution in [2.75, 3.05) is 13.7 Å². The first-order valence-corrected chi connectivity index (χ1v) is 6.04. The van der Waals surface area contributed by atoms with Crippen molar-refractivity contribution in [3.8, 4) is 5.75 Å². The van der Waals surface area contributed by atoms with Crippen molar-refractivity contribution in [3.63, 3.8) is 0 Å². The lowest BCUT2D eigenvalue weighted by Crippen LogP contribution is -2.32. The minimum atomic E-state index is -0.787. The highest BCUT2D eigenvalue weighted by atomic mass is 19.1. The predicted octanol–water partition coefficient (Wildman–Crippen LogP) is 2.42. The number of methoxy groups -OCH3 is 1. The van der Waals surface area contributed by atoms with Crippen LogP contribution in [0.15, 0.2) is 18.2 Å². The van der Waals surface area contributed by atoms with Gasteiger partial charge in [0.1, 0.15) is 18.2 Å². The molecule has 5 heteroatoms. The van der Waals surface area contributed by atoms with Crippen LogP contribution in [0.2, 0.25) is 0 Å². The molecule has 0 aliphatic carbocycles. The second-order valence-corrected chi connectivity index (χ2v) is 5.14. The van der Waals surface area contributed by atoms with E-state index in [9.17, 15) is 9.18 Å². The Kier molecular flexibility index (Phi) is 4.89. The second-order valence-electron chi connectivity index (χ2n) is 5.14. The van der Waals surface area contributed by atoms with Gasteiger partial charge in [0.2, 0.25) is 0 Å². The molecule has 4 nitrogen and oxygen atoms in total. The van der Waals surface area contributed by atoms with Crippen LogP contribution in [0.5, 0.6) is 5.75 Å². The summed E-state index contributed by atoms with van der Waals surface area (Å²) in [6.07, 6.45) is 0. The summed E-state index contributed by atoms with van der Waals surface area (Å²) in [6, 6.07) is 4.11. The first-order chi connectivity index (χ1) is 8.77. The van der Waals surface area contributed by atoms with E-state index in [-0.39, 0.29) is 18.6 Å². The molecule has 0 heterocycles. The number of hydrogen-bond donors (Lipinski definition) is 1. The van der Waals surface area contributed by atoms with Crippen LogP contribution in [0.3, 0.4) is 0 Å². The maximum Gasteiger partial charge on any atom is 0.314 e. The van der Waals surface area contributed by atoms with Gasteiger partial charge in [-0.3, -0.25) is 4.79 Å². The van der Waals surface area contributed by atoms with Gasteiger partial charge < -0.3 is 15.2 Å². The fourth-order valence-electron chi connectivity index (χ4n) is 1.57. The average Bonchev–Trinajstić information content (AvgIpc) is 2.35. The van der Waals surface area contributed by atoms with E-state index in [4.69, 9.17) is 10.5 Å². The van der Waals surface area contributed by atoms with Crippen LogP contribution in [0, 0.1) is 11.2 Å². The molecule has 1 unspecified atom stereocenters. The summed E-state index contributed by atoms with van der Waals surface area (Å²) in [6.45, 7) is 5.22. The summed E-state index contributed by atoms with van der Waals surface area (Å²) >= 11 is 0. The van der Waals surface area contributed by atoms with Crippen molar-refractivity contribution in [2.24, 2.45) is 11.1 Å². The minimum Gasteiger partial charge on any atom is -0.492 e. The van der Waals surface area contributed by atoms with Gasteiger partial charge in [-0.05, 0) is 26.8 Å². The molecule has 0 aliphatic heterocycles. The van der Waals surface area contributed by atoms with Crippen molar-refractivity contribution in [1.29, 1.82) is 0 Å². The number of hydrogen-bond acceptors (Lipinski definition) is 4. The smallest absolute Gasteiger partial charge is 0.314 e. The number of nitrogens with two attached hydrogens (primary N) is 1. The van der Waals surface area contributed by atoms with Crippen LogP contribution in [0.25, 0.3) is 0 Å². The standard InChI is InChI=1S/C14H20FNO3/c1-9(16)11-6-5-10(7-12(11)15)19-8-14(2,3)13(17)18-4/h5-7,9H,8,16H2,1-4H3. The van der Waals surface area contributed by atoms with Crippen LogP contribution >= 0.6 is 0 Å². The molecule has 0 amide bonds. The summed E-state index contributed by atoms with van der Waals surface area (Å²) in [5.74, 6) is -0.428. The molecule has 2 N–H and O–H groups in total. The van der Waals surface area contributed by atoms with Gasteiger partial charge in [0.25, 0.3) is 0 Å². The molecule has 0 saturated carbocycles. The molecule has 0 fully saturated rings. The van der Waals surface area contributed by atoms with Gasteiger partial charge in [0.15, 0.2) is 0 Å². The Morgan fingerprint density at radius 1 is 1.47 bits per heavy atom. The molecule has 0 aliphatic rings. The molecule has 0 saturated heterocycles. The van der Waals surface area contributed by atoms with Crippen molar-refractivity contribution in [2.45, 2.75) is 26.8 Å². The molecule has 0 bridgehead atoms. The molecule has 1 rings (SSSR count). The lowest BCUT2D eigenvalue weighted by atomic mass is 9.95. The number of carbonyl (C=O) groups is 1. The maximum absolute atomic E-state index is 13.7. The van der Waals surface area contributed by atoms with Crippen LogP contribution in [-0.2, 0) is 9.53 Å². The number of carbonyl (C=O) groups excluding carboxylic acids is 1. The fourth-order valence-corrected chi connectivity index (χ4v) is 1.57. The van der Waals surface area contributed by atoms with Crippen LogP contribution in [0.1, 0.15) is 32.4 Å². The van der Waals surface area contributed by atoms with E-state index >= 15 is 0 Å². The van der Waals surface area contributed by atoms with Gasteiger partial charge in [-0.25, -0.2) is 4.39 Å². The second kappa shape index (κ2) is 6.02. The first kappa shape index (κ1) is 15.4. The molecule has 1 atom stereocenters. The van der Waals surface area contributed by atoms with E-state index in [1.165, 1.54) is 13.2 Å². The van der Waals surface area contributed by atoms with Gasteiger partial charge in [-0.2, -0.15) is 0 Å². The van der Waals surface area contributed by atoms with E-state index in [1.54, 1.807) is 32.9 Å². The summed E-state index contributed by atoms with van der Waals surface area (Å²) in [4.78, 5) is 11.5. The summed E-state index contributed by atoms with van der Waals surface area (Å²) in [5, 5.41) is 0. The number of rotatable bonds is 5. The molecule has 0 spiro atoms. The zero-order chi connectivity index (χ0) is 14.6. The maximum atomic E-state index is 13.7. The third-order valence-corrected chi connectivity index (χ3v) is 2.80. The topological polar surface area (TPSA) is 61.5 Å². The Bertz CT molecular complexity index is 458. The van der Waals surface area contributed by atoms with E-state index in [1.807, 2.05) is 0 Å². The highest BCUT2D eigenvalue weighted by Gasteiger charge is 2.29. The molecule has 0 aromatic heterocycles. The zero-order valence-corrected chi connectivity index (χ0v) is 11.7. The van der Waals surface area contributed by atoms with E-state index in [0.717, 1.165) is 0 Å². The Morgan fingerprint density at radius 3 is 2.58 bits per heavy atom. The normalized spacial score (nSPS) is 12.9. The van der Waals surface area contributed by atoms with Crippen LogP contribution in [0.4, 0.5) is 4.39 Å². The first-order valence-electron chi connectivity index (χ1n) is 6.04. The van der Waals surface area contributed by atoms with Gasteiger partial charge in [-0.1, -0.05) is 6.07 Å². The Hall–Kier alpha value is -1.62. The van der Waals surface area contributed by atoms with Crippen LogP contribution in [-0.4, -0.2) is 19.7 Å². The average molecular weight is 269 g/mol. The monoisotopic (exact) mass is 269 g/mol. The molecule has 0 radical (unpaired) electrons. The van der Waals surface area contributed by atoms with Gasteiger partial charge in [0.05, 0.1) is 12.5 Å². The van der Waals surface area contributed by atoms with Crippen molar-refractivity contribution in [3.05, 3.63) is 29.6 Å². The molecule has 1 aromatic carbocycles. The number of esters is 1. The molecular weight excluding hydrogens is 249 g/mol. The van der Waals surface area contributed by atoms with E-state index in [0.29, 0.717) is 11.3 Å². The zero-order valence-electron chi connectivity index (χ0n) is 11.7. The van der Waals surface area contributed by atoms with E-state index in [2.05, 4.69) is 4.74 Å². The fraction of sp³-hybridized carbons (Fsp3) is 0.500. The number of ether oxygens (including phenoxy) is 2. The molecule has 1 aromatic rings. The highest BCUT2D eigenvalue weighted by molar-refractivity contribution is 5.75. The summed E-state index contributed by atoms with van der Waals surface area (Å²) in [7, 11) is 1.32. The molecular formula is C14H20FNO3. The minimum absolute atomic E-state index is 0.108.